The summed E-state index contributed by atoms with van der Waals surface area (Å²) >= 11 is 0.742. The fourth-order valence-corrected chi connectivity index (χ4v) is 4.28. The number of amides is 1. The van der Waals surface area contributed by atoms with Gasteiger partial charge in [-0.15, -0.1) is 24.5 Å². The molecule has 0 saturated heterocycles. The van der Waals surface area contributed by atoms with Crippen LogP contribution in [0, 0.1) is 5.82 Å². The van der Waals surface area contributed by atoms with Crippen molar-refractivity contribution in [3.05, 3.63) is 75.5 Å². The van der Waals surface area contributed by atoms with Crippen molar-refractivity contribution >= 4 is 23.2 Å². The first-order valence-corrected chi connectivity index (χ1v) is 10.2. The number of carbonyl (C=O) groups excluding carboxylic acids is 1. The fourth-order valence-electron chi connectivity index (χ4n) is 3.54. The van der Waals surface area contributed by atoms with E-state index in [9.17, 15) is 27.2 Å². The van der Waals surface area contributed by atoms with Crippen LogP contribution in [0.4, 0.5) is 17.6 Å². The van der Waals surface area contributed by atoms with Crippen LogP contribution in [0.3, 0.4) is 0 Å². The van der Waals surface area contributed by atoms with E-state index in [1.165, 1.54) is 24.4 Å². The van der Waals surface area contributed by atoms with Crippen molar-refractivity contribution in [2.45, 2.75) is 18.3 Å². The molecule has 12 heteroatoms. The van der Waals surface area contributed by atoms with Gasteiger partial charge in [-0.25, -0.2) is 9.18 Å². The number of ether oxygens (including phenoxy) is 2. The topological polar surface area (TPSA) is 97.8 Å². The molecular weight excluding hydrogens is 468 g/mol. The van der Waals surface area contributed by atoms with Crippen molar-refractivity contribution in [2.75, 3.05) is 6.61 Å². The number of thiophene rings is 1. The van der Waals surface area contributed by atoms with E-state index in [4.69, 9.17) is 9.84 Å². The monoisotopic (exact) mass is 482 g/mol. The molecule has 2 N–H and O–H groups in total. The number of carboxylic acid groups (broad SMARTS) is 1. The predicted molar refractivity (Wildman–Crippen MR) is 107 cm³/mol. The van der Waals surface area contributed by atoms with Gasteiger partial charge in [0.25, 0.3) is 5.91 Å². The van der Waals surface area contributed by atoms with Crippen molar-refractivity contribution in [1.29, 1.82) is 0 Å². The van der Waals surface area contributed by atoms with Crippen LogP contribution in [0.15, 0.2) is 48.7 Å². The summed E-state index contributed by atoms with van der Waals surface area (Å²) in [4.78, 5) is 28.5. The fraction of sp³-hybridized carbons (Fsp3) is 0.190. The van der Waals surface area contributed by atoms with Gasteiger partial charge in [-0.3, -0.25) is 9.78 Å². The summed E-state index contributed by atoms with van der Waals surface area (Å²) in [6.07, 6.45) is -3.57. The molecule has 172 valence electrons. The Hall–Kier alpha value is -3.67. The third-order valence-electron chi connectivity index (χ3n) is 4.93. The molecule has 1 aromatic carbocycles. The van der Waals surface area contributed by atoms with Gasteiger partial charge in [-0.05, 0) is 42.0 Å². The minimum Gasteiger partial charge on any atom is -0.491 e. The largest absolute Gasteiger partial charge is 0.573 e. The summed E-state index contributed by atoms with van der Waals surface area (Å²) in [6, 6.07) is 8.64. The molecule has 33 heavy (non-hydrogen) atoms. The molecule has 0 fully saturated rings. The first-order valence-electron chi connectivity index (χ1n) is 9.39. The van der Waals surface area contributed by atoms with Crippen molar-refractivity contribution in [2.24, 2.45) is 0 Å². The lowest BCUT2D eigenvalue weighted by Gasteiger charge is -2.39. The van der Waals surface area contributed by atoms with Crippen LogP contribution in [-0.4, -0.2) is 34.9 Å². The highest BCUT2D eigenvalue weighted by Crippen LogP contribution is 2.42. The van der Waals surface area contributed by atoms with Crippen LogP contribution in [0.25, 0.3) is 0 Å². The molecule has 1 aliphatic rings. The van der Waals surface area contributed by atoms with Crippen molar-refractivity contribution in [1.82, 2.24) is 10.3 Å². The highest BCUT2D eigenvalue weighted by molar-refractivity contribution is 7.15. The van der Waals surface area contributed by atoms with Gasteiger partial charge >= 0.3 is 12.3 Å². The molecule has 0 spiro atoms. The Morgan fingerprint density at radius 2 is 1.94 bits per heavy atom. The zero-order valence-corrected chi connectivity index (χ0v) is 17.3. The second-order valence-electron chi connectivity index (χ2n) is 6.97. The number of nitrogens with zero attached hydrogens (tertiary/aromatic N) is 1. The van der Waals surface area contributed by atoms with Gasteiger partial charge in [0.2, 0.25) is 0 Å². The molecule has 0 saturated carbocycles. The first kappa shape index (κ1) is 22.5. The molecule has 1 unspecified atom stereocenters. The Morgan fingerprint density at radius 3 is 2.61 bits per heavy atom. The Morgan fingerprint density at radius 1 is 1.18 bits per heavy atom. The van der Waals surface area contributed by atoms with E-state index in [0.29, 0.717) is 5.75 Å². The summed E-state index contributed by atoms with van der Waals surface area (Å²) in [5.74, 6) is -3.87. The van der Waals surface area contributed by atoms with Crippen LogP contribution >= 0.6 is 11.3 Å². The van der Waals surface area contributed by atoms with E-state index in [2.05, 4.69) is 15.0 Å². The van der Waals surface area contributed by atoms with Crippen molar-refractivity contribution in [3.63, 3.8) is 0 Å². The Labute approximate surface area is 187 Å². The number of nitrogens with one attached hydrogen (secondary N) is 1. The van der Waals surface area contributed by atoms with E-state index < -0.39 is 35.3 Å². The van der Waals surface area contributed by atoms with Gasteiger partial charge in [0.1, 0.15) is 21.9 Å². The van der Waals surface area contributed by atoms with Crippen LogP contribution in [0.5, 0.6) is 11.5 Å². The zero-order valence-electron chi connectivity index (χ0n) is 16.5. The van der Waals surface area contributed by atoms with Gasteiger partial charge in [0.15, 0.2) is 11.6 Å². The SMILES string of the molecule is O=C(O)c1ccc(C(=O)NC2(c3ccc(OC(F)(F)F)c(F)c3)CCOc3cccnc32)s1. The van der Waals surface area contributed by atoms with E-state index in [1.807, 2.05) is 0 Å². The number of hydrogen-bond donors (Lipinski definition) is 2. The number of carbonyl (C=O) groups is 2. The third-order valence-corrected chi connectivity index (χ3v) is 6.00. The van der Waals surface area contributed by atoms with Gasteiger partial charge in [-0.1, -0.05) is 6.07 Å². The maximum atomic E-state index is 14.6. The van der Waals surface area contributed by atoms with Gasteiger partial charge in [0, 0.05) is 12.6 Å². The Bertz CT molecular complexity index is 1230. The van der Waals surface area contributed by atoms with Gasteiger partial charge in [0.05, 0.1) is 11.5 Å². The summed E-state index contributed by atoms with van der Waals surface area (Å²) in [5.41, 5.74) is -1.12. The van der Waals surface area contributed by atoms with Crippen LogP contribution < -0.4 is 14.8 Å². The van der Waals surface area contributed by atoms with Gasteiger partial charge in [-0.2, -0.15) is 0 Å². The summed E-state index contributed by atoms with van der Waals surface area (Å²) in [6.45, 7) is 0.0895. The average molecular weight is 482 g/mol. The van der Waals surface area contributed by atoms with E-state index in [0.717, 1.165) is 23.5 Å². The number of halogens is 4. The molecule has 3 heterocycles. The summed E-state index contributed by atoms with van der Waals surface area (Å²) in [7, 11) is 0. The van der Waals surface area contributed by atoms with Crippen LogP contribution in [0.2, 0.25) is 0 Å². The molecule has 1 atom stereocenters. The molecule has 0 aliphatic carbocycles. The molecule has 0 radical (unpaired) electrons. The molecule has 2 aromatic heterocycles. The van der Waals surface area contributed by atoms with Crippen molar-refractivity contribution in [3.8, 4) is 11.5 Å². The normalized spacial score (nSPS) is 17.6. The van der Waals surface area contributed by atoms with E-state index >= 15 is 0 Å². The first-order chi connectivity index (χ1) is 15.6. The number of hydrogen-bond acceptors (Lipinski definition) is 6. The minimum absolute atomic E-state index is 0.0561. The predicted octanol–water partition coefficient (Wildman–Crippen LogP) is 4.34. The maximum Gasteiger partial charge on any atom is 0.573 e. The number of carboxylic acids is 1. The number of rotatable bonds is 5. The van der Waals surface area contributed by atoms with E-state index in [-0.39, 0.29) is 34.0 Å². The smallest absolute Gasteiger partial charge is 0.491 e. The summed E-state index contributed by atoms with van der Waals surface area (Å²) in [5, 5.41) is 11.9. The quantitative estimate of drug-likeness (QED) is 0.526. The lowest BCUT2D eigenvalue weighted by molar-refractivity contribution is -0.275. The van der Waals surface area contributed by atoms with Crippen LogP contribution in [0.1, 0.15) is 37.0 Å². The highest BCUT2D eigenvalue weighted by atomic mass is 32.1. The number of alkyl halides is 3. The van der Waals surface area contributed by atoms with Crippen molar-refractivity contribution < 1.29 is 41.7 Å². The number of aromatic nitrogens is 1. The zero-order chi connectivity index (χ0) is 23.8. The molecule has 1 aliphatic heterocycles. The average Bonchev–Trinajstić information content (AvgIpc) is 3.25. The van der Waals surface area contributed by atoms with E-state index in [1.54, 1.807) is 12.1 Å². The second kappa shape index (κ2) is 8.35. The molecular formula is C21H14F4N2O5S. The molecule has 7 nitrogen and oxygen atoms in total. The lowest BCUT2D eigenvalue weighted by atomic mass is 9.81. The number of pyridine rings is 1. The molecule has 1 amide bonds. The molecule has 4 rings (SSSR count). The standard InChI is InChI=1S/C21H14F4N2O5S/c22-12-10-11(3-4-13(12)32-21(23,24)25)20(7-9-31-14-2-1-8-26-17(14)20)27-18(28)15-5-6-16(33-15)19(29)30/h1-6,8,10H,7,9H2,(H,27,28)(H,29,30). The van der Waals surface area contributed by atoms with Crippen LogP contribution in [-0.2, 0) is 5.54 Å². The lowest BCUT2D eigenvalue weighted by Crippen LogP contribution is -2.50. The highest BCUT2D eigenvalue weighted by Gasteiger charge is 2.43. The number of aromatic carboxylic acids is 1. The third kappa shape index (κ3) is 4.46. The van der Waals surface area contributed by atoms with Gasteiger partial charge < -0.3 is 19.9 Å². The summed E-state index contributed by atoms with van der Waals surface area (Å²) < 4.78 is 61.5. The number of benzene rings is 1. The molecule has 0 bridgehead atoms. The Kier molecular flexibility index (Phi) is 5.70. The second-order valence-corrected chi connectivity index (χ2v) is 8.05. The Balaban J connectivity index is 1.79. The number of fused-ring (bicyclic) bond motifs is 1. The maximum absolute atomic E-state index is 14.6. The minimum atomic E-state index is -5.08. The molecule has 3 aromatic rings.